The number of nitrogen functional groups attached to an aromatic ring is 1. The van der Waals surface area contributed by atoms with Gasteiger partial charge >= 0.3 is 0 Å². The summed E-state index contributed by atoms with van der Waals surface area (Å²) in [5.41, 5.74) is 8.49. The minimum absolute atomic E-state index is 0.361. The molecule has 1 rings (SSSR count). The quantitative estimate of drug-likeness (QED) is 0.729. The van der Waals surface area contributed by atoms with Crippen LogP contribution in [0.3, 0.4) is 0 Å². The van der Waals surface area contributed by atoms with E-state index in [1.807, 2.05) is 19.1 Å². The van der Waals surface area contributed by atoms with Gasteiger partial charge in [0.2, 0.25) is 0 Å². The fraction of sp³-hybridized carbons (Fsp3) is 0.400. The zero-order valence-electron chi connectivity index (χ0n) is 8.34. The summed E-state index contributed by atoms with van der Waals surface area (Å²) in [4.78, 5) is 0. The van der Waals surface area contributed by atoms with Crippen molar-refractivity contribution in [1.82, 2.24) is 0 Å². The van der Waals surface area contributed by atoms with Gasteiger partial charge in [0.25, 0.3) is 0 Å². The lowest BCUT2D eigenvalue weighted by Gasteiger charge is -2.12. The van der Waals surface area contributed by atoms with E-state index < -0.39 is 0 Å². The van der Waals surface area contributed by atoms with E-state index >= 15 is 0 Å². The molecule has 0 bridgehead atoms. The first kappa shape index (κ1) is 11.3. The van der Waals surface area contributed by atoms with Crippen LogP contribution >= 0.6 is 15.9 Å². The Balaban J connectivity index is 2.82. The molecular weight excluding hydrogens is 244 g/mol. The Morgan fingerprint density at radius 1 is 1.57 bits per heavy atom. The van der Waals surface area contributed by atoms with Gasteiger partial charge in [0.05, 0.1) is 6.10 Å². The van der Waals surface area contributed by atoms with Crippen molar-refractivity contribution in [2.75, 3.05) is 17.6 Å². The summed E-state index contributed by atoms with van der Waals surface area (Å²) in [5.74, 6) is 0. The van der Waals surface area contributed by atoms with Crippen molar-refractivity contribution in [3.8, 4) is 0 Å². The zero-order chi connectivity index (χ0) is 10.7. The third-order valence-electron chi connectivity index (χ3n) is 1.94. The summed E-state index contributed by atoms with van der Waals surface area (Å²) in [5, 5.41) is 12.3. The average molecular weight is 259 g/mol. The van der Waals surface area contributed by atoms with Gasteiger partial charge in [-0.25, -0.2) is 0 Å². The number of halogens is 1. The van der Waals surface area contributed by atoms with Gasteiger partial charge in [-0.15, -0.1) is 0 Å². The topological polar surface area (TPSA) is 58.3 Å². The van der Waals surface area contributed by atoms with E-state index in [-0.39, 0.29) is 6.10 Å². The number of aliphatic hydroxyl groups excluding tert-OH is 1. The number of benzene rings is 1. The lowest BCUT2D eigenvalue weighted by atomic mass is 10.2. The Morgan fingerprint density at radius 2 is 2.21 bits per heavy atom. The molecule has 0 aliphatic carbocycles. The van der Waals surface area contributed by atoms with Crippen molar-refractivity contribution in [3.05, 3.63) is 22.2 Å². The number of nitrogens with two attached hydrogens (primary N) is 1. The molecular formula is C10H15BrN2O. The van der Waals surface area contributed by atoms with E-state index in [9.17, 15) is 0 Å². The van der Waals surface area contributed by atoms with Crippen LogP contribution in [-0.4, -0.2) is 17.8 Å². The highest BCUT2D eigenvalue weighted by atomic mass is 79.9. The molecule has 0 heterocycles. The van der Waals surface area contributed by atoms with Crippen molar-refractivity contribution in [1.29, 1.82) is 0 Å². The van der Waals surface area contributed by atoms with E-state index in [0.717, 1.165) is 21.4 Å². The van der Waals surface area contributed by atoms with Crippen LogP contribution in [0.2, 0.25) is 0 Å². The SMILES string of the molecule is Cc1cc(NCC(C)O)c(Br)cc1N. The van der Waals surface area contributed by atoms with Crippen molar-refractivity contribution >= 4 is 27.3 Å². The summed E-state index contributed by atoms with van der Waals surface area (Å²) >= 11 is 3.41. The van der Waals surface area contributed by atoms with Crippen molar-refractivity contribution in [2.45, 2.75) is 20.0 Å². The summed E-state index contributed by atoms with van der Waals surface area (Å²) in [7, 11) is 0. The Labute approximate surface area is 92.4 Å². The van der Waals surface area contributed by atoms with E-state index in [1.54, 1.807) is 6.92 Å². The standard InChI is InChI=1S/C10H15BrN2O/c1-6-3-10(13-5-7(2)14)8(11)4-9(6)12/h3-4,7,13-14H,5,12H2,1-2H3. The molecule has 14 heavy (non-hydrogen) atoms. The predicted molar refractivity (Wildman–Crippen MR) is 63.5 cm³/mol. The third-order valence-corrected chi connectivity index (χ3v) is 2.60. The average Bonchev–Trinajstić information content (AvgIpc) is 2.09. The highest BCUT2D eigenvalue weighted by Crippen LogP contribution is 2.27. The Kier molecular flexibility index (Phi) is 3.77. The first-order valence-corrected chi connectivity index (χ1v) is 5.27. The second kappa shape index (κ2) is 4.66. The van der Waals surface area contributed by atoms with Gasteiger partial charge in [-0.2, -0.15) is 0 Å². The fourth-order valence-electron chi connectivity index (χ4n) is 1.09. The second-order valence-corrected chi connectivity index (χ2v) is 4.27. The van der Waals surface area contributed by atoms with Crippen LogP contribution in [0.15, 0.2) is 16.6 Å². The molecule has 0 aliphatic heterocycles. The van der Waals surface area contributed by atoms with E-state index in [1.165, 1.54) is 0 Å². The van der Waals surface area contributed by atoms with Gasteiger partial charge in [0.15, 0.2) is 0 Å². The minimum atomic E-state index is -0.361. The molecule has 4 N–H and O–H groups in total. The number of aryl methyl sites for hydroxylation is 1. The molecule has 0 saturated heterocycles. The molecule has 1 atom stereocenters. The number of anilines is 2. The number of hydrogen-bond acceptors (Lipinski definition) is 3. The van der Waals surface area contributed by atoms with Crippen molar-refractivity contribution in [2.24, 2.45) is 0 Å². The van der Waals surface area contributed by atoms with Gasteiger partial charge < -0.3 is 16.2 Å². The van der Waals surface area contributed by atoms with Crippen LogP contribution in [0.25, 0.3) is 0 Å². The lowest BCUT2D eigenvalue weighted by Crippen LogP contribution is -2.15. The zero-order valence-corrected chi connectivity index (χ0v) is 9.93. The molecule has 0 aromatic heterocycles. The van der Waals surface area contributed by atoms with Gasteiger partial charge in [-0.05, 0) is 47.5 Å². The summed E-state index contributed by atoms with van der Waals surface area (Å²) < 4.78 is 0.918. The molecule has 0 amide bonds. The van der Waals surface area contributed by atoms with Crippen LogP contribution in [0, 0.1) is 6.92 Å². The van der Waals surface area contributed by atoms with Crippen molar-refractivity contribution < 1.29 is 5.11 Å². The molecule has 3 nitrogen and oxygen atoms in total. The largest absolute Gasteiger partial charge is 0.398 e. The number of aliphatic hydroxyl groups is 1. The molecule has 1 aromatic carbocycles. The Hall–Kier alpha value is -0.740. The first-order chi connectivity index (χ1) is 6.50. The predicted octanol–water partition coefficient (Wildman–Crippen LogP) is 2.13. The third kappa shape index (κ3) is 2.89. The number of rotatable bonds is 3. The van der Waals surface area contributed by atoms with Crippen LogP contribution < -0.4 is 11.1 Å². The Bertz CT molecular complexity index is 326. The summed E-state index contributed by atoms with van der Waals surface area (Å²) in [6.07, 6.45) is -0.361. The first-order valence-electron chi connectivity index (χ1n) is 4.48. The molecule has 1 aromatic rings. The molecule has 0 spiro atoms. The second-order valence-electron chi connectivity index (χ2n) is 3.42. The van der Waals surface area contributed by atoms with Crippen LogP contribution in [0.5, 0.6) is 0 Å². The van der Waals surface area contributed by atoms with Crippen LogP contribution in [0.1, 0.15) is 12.5 Å². The maximum Gasteiger partial charge on any atom is 0.0684 e. The summed E-state index contributed by atoms with van der Waals surface area (Å²) in [6.45, 7) is 4.22. The van der Waals surface area contributed by atoms with Gasteiger partial charge in [0.1, 0.15) is 0 Å². The Morgan fingerprint density at radius 3 is 2.79 bits per heavy atom. The molecule has 0 aliphatic rings. The van der Waals surface area contributed by atoms with E-state index in [0.29, 0.717) is 6.54 Å². The maximum absolute atomic E-state index is 9.13. The van der Waals surface area contributed by atoms with Gasteiger partial charge in [-0.3, -0.25) is 0 Å². The maximum atomic E-state index is 9.13. The van der Waals surface area contributed by atoms with E-state index in [4.69, 9.17) is 10.8 Å². The normalized spacial score (nSPS) is 12.6. The smallest absolute Gasteiger partial charge is 0.0684 e. The van der Waals surface area contributed by atoms with Gasteiger partial charge in [-0.1, -0.05) is 0 Å². The highest BCUT2D eigenvalue weighted by molar-refractivity contribution is 9.10. The molecule has 1 unspecified atom stereocenters. The van der Waals surface area contributed by atoms with Crippen LogP contribution in [-0.2, 0) is 0 Å². The van der Waals surface area contributed by atoms with E-state index in [2.05, 4.69) is 21.2 Å². The summed E-state index contributed by atoms with van der Waals surface area (Å²) in [6, 6.07) is 3.82. The van der Waals surface area contributed by atoms with Crippen molar-refractivity contribution in [3.63, 3.8) is 0 Å². The molecule has 4 heteroatoms. The van der Waals surface area contributed by atoms with Gasteiger partial charge in [0, 0.05) is 22.4 Å². The molecule has 0 radical (unpaired) electrons. The lowest BCUT2D eigenvalue weighted by molar-refractivity contribution is 0.208. The molecule has 78 valence electrons. The highest BCUT2D eigenvalue weighted by Gasteiger charge is 2.03. The number of hydrogen-bond donors (Lipinski definition) is 3. The molecule has 0 saturated carbocycles. The number of nitrogens with one attached hydrogen (secondary N) is 1. The minimum Gasteiger partial charge on any atom is -0.398 e. The van der Waals surface area contributed by atoms with Crippen LogP contribution in [0.4, 0.5) is 11.4 Å². The molecule has 0 fully saturated rings. The monoisotopic (exact) mass is 258 g/mol. The fourth-order valence-corrected chi connectivity index (χ4v) is 1.59.